The van der Waals surface area contributed by atoms with Crippen LogP contribution in [-0.4, -0.2) is 17.8 Å². The van der Waals surface area contributed by atoms with Crippen molar-refractivity contribution in [3.63, 3.8) is 0 Å². The number of nitrogens with zero attached hydrogens (tertiary/aromatic N) is 1. The molecule has 0 radical (unpaired) electrons. The normalized spacial score (nSPS) is 29.3. The Labute approximate surface area is 154 Å². The Bertz CT molecular complexity index is 878. The molecule has 0 unspecified atom stereocenters. The molecule has 6 heteroatoms. The molecule has 1 saturated heterocycles. The molecule has 2 heterocycles. The van der Waals surface area contributed by atoms with Crippen molar-refractivity contribution in [3.8, 4) is 5.75 Å². The van der Waals surface area contributed by atoms with E-state index in [1.54, 1.807) is 36.4 Å². The SMILES string of the molecule is O=C(Oc1cccc(N2C(=O)[C@@H]3[C@@H]4CC[C@H](C4)[C@@H]3C2=O)c1)c1cccs1. The Hall–Kier alpha value is -2.47. The maximum absolute atomic E-state index is 12.9. The van der Waals surface area contributed by atoms with E-state index in [9.17, 15) is 14.4 Å². The summed E-state index contributed by atoms with van der Waals surface area (Å²) in [5.41, 5.74) is 0.491. The molecule has 3 aliphatic rings. The third-order valence-corrected chi connectivity index (χ3v) is 6.79. The van der Waals surface area contributed by atoms with Gasteiger partial charge in [0, 0.05) is 6.07 Å². The van der Waals surface area contributed by atoms with Gasteiger partial charge in [-0.3, -0.25) is 9.59 Å². The zero-order valence-corrected chi connectivity index (χ0v) is 14.8. The summed E-state index contributed by atoms with van der Waals surface area (Å²) in [7, 11) is 0. The second-order valence-electron chi connectivity index (χ2n) is 7.26. The van der Waals surface area contributed by atoms with Crippen LogP contribution in [0.4, 0.5) is 5.69 Å². The van der Waals surface area contributed by atoms with Gasteiger partial charge in [-0.05, 0) is 54.7 Å². The van der Waals surface area contributed by atoms with Gasteiger partial charge in [-0.1, -0.05) is 12.1 Å². The fraction of sp³-hybridized carbons (Fsp3) is 0.350. The van der Waals surface area contributed by atoms with Crippen molar-refractivity contribution in [1.29, 1.82) is 0 Å². The molecule has 4 atom stereocenters. The first-order valence-electron chi connectivity index (χ1n) is 8.87. The first-order valence-corrected chi connectivity index (χ1v) is 9.75. The van der Waals surface area contributed by atoms with Gasteiger partial charge in [0.2, 0.25) is 11.8 Å². The van der Waals surface area contributed by atoms with Crippen molar-refractivity contribution >= 4 is 34.8 Å². The Morgan fingerprint density at radius 1 is 1.04 bits per heavy atom. The highest BCUT2D eigenvalue weighted by Gasteiger charge is 2.61. The fourth-order valence-electron chi connectivity index (χ4n) is 4.90. The van der Waals surface area contributed by atoms with Crippen molar-refractivity contribution in [2.45, 2.75) is 19.3 Å². The molecule has 2 bridgehead atoms. The number of benzene rings is 1. The van der Waals surface area contributed by atoms with Crippen LogP contribution in [0.3, 0.4) is 0 Å². The average molecular weight is 367 g/mol. The van der Waals surface area contributed by atoms with Crippen molar-refractivity contribution in [3.05, 3.63) is 46.7 Å². The van der Waals surface area contributed by atoms with Crippen LogP contribution >= 0.6 is 11.3 Å². The number of amides is 2. The number of hydrogen-bond acceptors (Lipinski definition) is 5. The average Bonchev–Trinajstić information content (AvgIpc) is 3.39. The summed E-state index contributed by atoms with van der Waals surface area (Å²) < 4.78 is 5.40. The smallest absolute Gasteiger partial charge is 0.353 e. The van der Waals surface area contributed by atoms with Crippen LogP contribution in [0.25, 0.3) is 0 Å². The minimum Gasteiger partial charge on any atom is -0.422 e. The Balaban J connectivity index is 1.42. The highest BCUT2D eigenvalue weighted by atomic mass is 32.1. The van der Waals surface area contributed by atoms with E-state index in [2.05, 4.69) is 0 Å². The number of carbonyl (C=O) groups is 3. The number of rotatable bonds is 3. The van der Waals surface area contributed by atoms with Gasteiger partial charge in [0.05, 0.1) is 17.5 Å². The van der Waals surface area contributed by atoms with E-state index in [1.807, 2.05) is 5.38 Å². The number of hydrogen-bond donors (Lipinski definition) is 0. The number of esters is 1. The molecule has 2 aromatic rings. The quantitative estimate of drug-likeness (QED) is 0.473. The number of thiophene rings is 1. The van der Waals surface area contributed by atoms with Gasteiger partial charge in [0.1, 0.15) is 10.6 Å². The molecule has 1 aromatic carbocycles. The molecule has 0 spiro atoms. The molecule has 0 N–H and O–H groups in total. The number of imide groups is 1. The Morgan fingerprint density at radius 2 is 1.77 bits per heavy atom. The van der Waals surface area contributed by atoms with Crippen LogP contribution in [0.2, 0.25) is 0 Å². The van der Waals surface area contributed by atoms with Gasteiger partial charge < -0.3 is 4.74 Å². The minimum atomic E-state index is -0.439. The van der Waals surface area contributed by atoms with E-state index < -0.39 is 5.97 Å². The first kappa shape index (κ1) is 15.8. The van der Waals surface area contributed by atoms with Crippen molar-refractivity contribution in [2.24, 2.45) is 23.7 Å². The van der Waals surface area contributed by atoms with E-state index >= 15 is 0 Å². The molecule has 5 rings (SSSR count). The molecule has 2 aliphatic carbocycles. The van der Waals surface area contributed by atoms with Crippen molar-refractivity contribution in [1.82, 2.24) is 0 Å². The number of carbonyl (C=O) groups excluding carboxylic acids is 3. The second kappa shape index (κ2) is 5.77. The minimum absolute atomic E-state index is 0.0890. The monoisotopic (exact) mass is 367 g/mol. The van der Waals surface area contributed by atoms with Crippen LogP contribution in [0.5, 0.6) is 5.75 Å². The van der Waals surface area contributed by atoms with Gasteiger partial charge >= 0.3 is 5.97 Å². The lowest BCUT2D eigenvalue weighted by atomic mass is 9.81. The summed E-state index contributed by atoms with van der Waals surface area (Å²) in [6.45, 7) is 0. The van der Waals surface area contributed by atoms with Gasteiger partial charge in [0.25, 0.3) is 0 Å². The molecule has 2 amide bonds. The summed E-state index contributed by atoms with van der Waals surface area (Å²) in [6.07, 6.45) is 3.12. The van der Waals surface area contributed by atoms with Gasteiger partial charge in [0.15, 0.2) is 0 Å². The summed E-state index contributed by atoms with van der Waals surface area (Å²) >= 11 is 1.31. The summed E-state index contributed by atoms with van der Waals surface area (Å²) in [6, 6.07) is 10.2. The molecule has 1 aromatic heterocycles. The van der Waals surface area contributed by atoms with E-state index in [0.29, 0.717) is 28.1 Å². The standard InChI is InChI=1S/C20H17NO4S/c22-18-16-11-6-7-12(9-11)17(16)19(23)21(18)13-3-1-4-14(10-13)25-20(24)15-5-2-8-26-15/h1-5,8,10-12,16-17H,6-7,9H2/t11-,12-,16-,17+/m1/s1. The van der Waals surface area contributed by atoms with E-state index in [-0.39, 0.29) is 23.7 Å². The largest absolute Gasteiger partial charge is 0.422 e. The lowest BCUT2D eigenvalue weighted by Crippen LogP contribution is -2.32. The van der Waals surface area contributed by atoms with E-state index in [0.717, 1.165) is 19.3 Å². The molecular formula is C20H17NO4S. The summed E-state index contributed by atoms with van der Waals surface area (Å²) in [5, 5.41) is 1.81. The predicted molar refractivity (Wildman–Crippen MR) is 96.0 cm³/mol. The van der Waals surface area contributed by atoms with Crippen LogP contribution in [-0.2, 0) is 9.59 Å². The molecule has 26 heavy (non-hydrogen) atoms. The zero-order chi connectivity index (χ0) is 17.8. The first-order chi connectivity index (χ1) is 12.6. The third-order valence-electron chi connectivity index (χ3n) is 5.94. The maximum atomic E-state index is 12.9. The molecule has 1 aliphatic heterocycles. The second-order valence-corrected chi connectivity index (χ2v) is 8.21. The number of fused-ring (bicyclic) bond motifs is 5. The Kier molecular flexibility index (Phi) is 3.50. The summed E-state index contributed by atoms with van der Waals surface area (Å²) in [5.74, 6) is 0.116. The highest BCUT2D eigenvalue weighted by Crippen LogP contribution is 2.56. The van der Waals surface area contributed by atoms with Gasteiger partial charge in [-0.25, -0.2) is 9.69 Å². The van der Waals surface area contributed by atoms with Crippen LogP contribution in [0, 0.1) is 23.7 Å². The van der Waals surface area contributed by atoms with Crippen LogP contribution in [0.15, 0.2) is 41.8 Å². The molecule has 5 nitrogen and oxygen atoms in total. The van der Waals surface area contributed by atoms with Crippen molar-refractivity contribution < 1.29 is 19.1 Å². The zero-order valence-electron chi connectivity index (χ0n) is 14.0. The molecular weight excluding hydrogens is 350 g/mol. The van der Waals surface area contributed by atoms with Gasteiger partial charge in [-0.15, -0.1) is 11.3 Å². The third kappa shape index (κ3) is 2.25. The molecule has 132 valence electrons. The maximum Gasteiger partial charge on any atom is 0.353 e. The predicted octanol–water partition coefficient (Wildman–Crippen LogP) is 3.50. The summed E-state index contributed by atoms with van der Waals surface area (Å²) in [4.78, 5) is 39.8. The van der Waals surface area contributed by atoms with Gasteiger partial charge in [-0.2, -0.15) is 0 Å². The molecule has 3 fully saturated rings. The number of anilines is 1. The van der Waals surface area contributed by atoms with Crippen molar-refractivity contribution in [2.75, 3.05) is 4.90 Å². The van der Waals surface area contributed by atoms with Crippen LogP contribution in [0.1, 0.15) is 28.9 Å². The highest BCUT2D eigenvalue weighted by molar-refractivity contribution is 7.12. The number of ether oxygens (including phenoxy) is 1. The van der Waals surface area contributed by atoms with Crippen LogP contribution < -0.4 is 9.64 Å². The van der Waals surface area contributed by atoms with E-state index in [4.69, 9.17) is 4.74 Å². The topological polar surface area (TPSA) is 63.7 Å². The lowest BCUT2D eigenvalue weighted by molar-refractivity contribution is -0.123. The fourth-order valence-corrected chi connectivity index (χ4v) is 5.50. The lowest BCUT2D eigenvalue weighted by Gasteiger charge is -2.19. The Morgan fingerprint density at radius 3 is 2.42 bits per heavy atom. The van der Waals surface area contributed by atoms with E-state index in [1.165, 1.54) is 16.2 Å². The molecule has 2 saturated carbocycles.